The molecule has 2 aromatic heterocycles. The van der Waals surface area contributed by atoms with Crippen LogP contribution in [0.15, 0.2) is 83.6 Å². The van der Waals surface area contributed by atoms with Crippen molar-refractivity contribution in [2.45, 2.75) is 26.0 Å². The number of para-hydroxylation sites is 1. The van der Waals surface area contributed by atoms with Crippen LogP contribution in [0, 0.1) is 0 Å². The summed E-state index contributed by atoms with van der Waals surface area (Å²) in [4.78, 5) is 20.6. The van der Waals surface area contributed by atoms with Crippen LogP contribution in [0.3, 0.4) is 0 Å². The quantitative estimate of drug-likeness (QED) is 0.446. The van der Waals surface area contributed by atoms with E-state index >= 15 is 0 Å². The Morgan fingerprint density at radius 1 is 0.935 bits per heavy atom. The summed E-state index contributed by atoms with van der Waals surface area (Å²) >= 11 is 0. The van der Waals surface area contributed by atoms with Gasteiger partial charge in [0.25, 0.3) is 0 Å². The minimum absolute atomic E-state index is 0.0811. The Labute approximate surface area is 180 Å². The fourth-order valence-corrected chi connectivity index (χ4v) is 3.03. The zero-order chi connectivity index (χ0) is 21.3. The van der Waals surface area contributed by atoms with Gasteiger partial charge in [0.2, 0.25) is 17.6 Å². The lowest BCUT2D eigenvalue weighted by Gasteiger charge is -2.12. The number of carbonyl (C=O) groups excluding carboxylic acids is 1. The molecule has 4 aromatic rings. The van der Waals surface area contributed by atoms with Crippen molar-refractivity contribution in [3.8, 4) is 17.1 Å². The molecule has 7 nitrogen and oxygen atoms in total. The van der Waals surface area contributed by atoms with E-state index in [0.29, 0.717) is 31.3 Å². The van der Waals surface area contributed by atoms with Crippen molar-refractivity contribution < 1.29 is 14.1 Å². The van der Waals surface area contributed by atoms with Crippen molar-refractivity contribution in [2.24, 2.45) is 0 Å². The lowest BCUT2D eigenvalue weighted by Crippen LogP contribution is -2.23. The highest BCUT2D eigenvalue weighted by molar-refractivity contribution is 5.76. The molecule has 31 heavy (non-hydrogen) atoms. The van der Waals surface area contributed by atoms with Crippen LogP contribution >= 0.6 is 0 Å². The van der Waals surface area contributed by atoms with Crippen LogP contribution in [0.5, 0.6) is 5.75 Å². The first kappa shape index (κ1) is 20.3. The van der Waals surface area contributed by atoms with Crippen LogP contribution in [0.25, 0.3) is 11.4 Å². The number of benzene rings is 2. The number of carbonyl (C=O) groups is 1. The first-order valence-electron chi connectivity index (χ1n) is 10.0. The lowest BCUT2D eigenvalue weighted by molar-refractivity contribution is -0.121. The Morgan fingerprint density at radius 2 is 1.68 bits per heavy atom. The van der Waals surface area contributed by atoms with Crippen molar-refractivity contribution in [3.05, 3.63) is 96.1 Å². The number of hydrogen-bond donors (Lipinski definition) is 1. The van der Waals surface area contributed by atoms with E-state index in [2.05, 4.69) is 20.4 Å². The van der Waals surface area contributed by atoms with Gasteiger partial charge in [0.1, 0.15) is 12.4 Å². The van der Waals surface area contributed by atoms with Crippen LogP contribution in [-0.2, 0) is 24.4 Å². The van der Waals surface area contributed by atoms with Crippen LogP contribution in [0.2, 0.25) is 0 Å². The molecule has 0 unspecified atom stereocenters. The summed E-state index contributed by atoms with van der Waals surface area (Å²) in [5, 5.41) is 6.91. The van der Waals surface area contributed by atoms with Gasteiger partial charge in [-0.25, -0.2) is 0 Å². The predicted molar refractivity (Wildman–Crippen MR) is 115 cm³/mol. The van der Waals surface area contributed by atoms with Gasteiger partial charge in [-0.2, -0.15) is 4.98 Å². The van der Waals surface area contributed by atoms with Crippen molar-refractivity contribution in [1.82, 2.24) is 20.4 Å². The largest absolute Gasteiger partial charge is 0.489 e. The molecule has 0 atom stereocenters. The highest BCUT2D eigenvalue weighted by atomic mass is 16.5. The number of nitrogens with one attached hydrogen (secondary N) is 1. The van der Waals surface area contributed by atoms with Crippen LogP contribution in [-0.4, -0.2) is 21.0 Å². The van der Waals surface area contributed by atoms with E-state index in [0.717, 1.165) is 22.4 Å². The number of ether oxygens (including phenoxy) is 1. The second kappa shape index (κ2) is 10.2. The number of aryl methyl sites for hydroxylation is 1. The van der Waals surface area contributed by atoms with E-state index < -0.39 is 0 Å². The molecule has 1 N–H and O–H groups in total. The fraction of sp³-hybridized carbons (Fsp3) is 0.167. The Morgan fingerprint density at radius 3 is 2.48 bits per heavy atom. The summed E-state index contributed by atoms with van der Waals surface area (Å²) in [6.07, 6.45) is 3.98. The molecule has 1 amide bonds. The smallest absolute Gasteiger partial charge is 0.227 e. The molecule has 0 aliphatic carbocycles. The molecule has 0 aliphatic heterocycles. The van der Waals surface area contributed by atoms with Gasteiger partial charge >= 0.3 is 0 Å². The molecular weight excluding hydrogens is 392 g/mol. The first-order valence-corrected chi connectivity index (χ1v) is 10.0. The molecular formula is C24H22N4O3. The van der Waals surface area contributed by atoms with E-state index in [4.69, 9.17) is 9.26 Å². The molecule has 2 heterocycles. The molecule has 0 aliphatic rings. The van der Waals surface area contributed by atoms with E-state index in [-0.39, 0.29) is 12.3 Å². The highest BCUT2D eigenvalue weighted by Crippen LogP contribution is 2.16. The van der Waals surface area contributed by atoms with Gasteiger partial charge in [-0.1, -0.05) is 47.6 Å². The van der Waals surface area contributed by atoms with Gasteiger partial charge < -0.3 is 14.6 Å². The maximum atomic E-state index is 12.3. The number of rotatable bonds is 9. The highest BCUT2D eigenvalue weighted by Gasteiger charge is 2.11. The van der Waals surface area contributed by atoms with Gasteiger partial charge in [-0.05, 0) is 35.4 Å². The van der Waals surface area contributed by atoms with Crippen LogP contribution in [0.4, 0.5) is 0 Å². The summed E-state index contributed by atoms with van der Waals surface area (Å²) in [7, 11) is 0. The van der Waals surface area contributed by atoms with Crippen LogP contribution in [0.1, 0.15) is 23.4 Å². The third-order valence-electron chi connectivity index (χ3n) is 4.70. The second-order valence-corrected chi connectivity index (χ2v) is 6.89. The number of aromatic nitrogens is 3. The first-order chi connectivity index (χ1) is 15.3. The summed E-state index contributed by atoms with van der Waals surface area (Å²) < 4.78 is 11.1. The fourth-order valence-electron chi connectivity index (χ4n) is 3.03. The summed E-state index contributed by atoms with van der Waals surface area (Å²) in [5.41, 5.74) is 2.87. The van der Waals surface area contributed by atoms with Gasteiger partial charge in [-0.15, -0.1) is 0 Å². The van der Waals surface area contributed by atoms with Crippen molar-refractivity contribution in [1.29, 1.82) is 0 Å². The number of hydrogen-bond acceptors (Lipinski definition) is 6. The van der Waals surface area contributed by atoms with Gasteiger partial charge in [0, 0.05) is 37.3 Å². The summed E-state index contributed by atoms with van der Waals surface area (Å²) in [5.74, 6) is 1.65. The van der Waals surface area contributed by atoms with Crippen molar-refractivity contribution >= 4 is 5.91 Å². The Kier molecular flexibility index (Phi) is 6.64. The predicted octanol–water partition coefficient (Wildman–Crippen LogP) is 3.96. The maximum absolute atomic E-state index is 12.3. The summed E-state index contributed by atoms with van der Waals surface area (Å²) in [6, 6.07) is 21.2. The molecule has 7 heteroatoms. The zero-order valence-electron chi connectivity index (χ0n) is 16.9. The third kappa shape index (κ3) is 5.76. The number of nitrogens with zero attached hydrogens (tertiary/aromatic N) is 3. The van der Waals surface area contributed by atoms with E-state index in [1.165, 1.54) is 0 Å². The van der Waals surface area contributed by atoms with Gasteiger partial charge in [0.05, 0.1) is 0 Å². The molecule has 0 radical (unpaired) electrons. The minimum Gasteiger partial charge on any atom is -0.489 e. The molecule has 0 spiro atoms. The standard InChI is InChI=1S/C24H22N4O3/c29-22(10-11-23-27-24(28-31-23)18-12-14-25-15-13-18)26-16-19-6-4-5-7-20(19)17-30-21-8-2-1-3-9-21/h1-9,12-15H,10-11,16-17H2,(H,26,29). The molecule has 0 saturated carbocycles. The number of pyridine rings is 1. The molecule has 2 aromatic carbocycles. The monoisotopic (exact) mass is 414 g/mol. The zero-order valence-corrected chi connectivity index (χ0v) is 16.9. The maximum Gasteiger partial charge on any atom is 0.227 e. The molecule has 0 bridgehead atoms. The minimum atomic E-state index is -0.0811. The van der Waals surface area contributed by atoms with E-state index in [1.54, 1.807) is 24.5 Å². The average molecular weight is 414 g/mol. The molecule has 4 rings (SSSR count). The van der Waals surface area contributed by atoms with Crippen molar-refractivity contribution in [3.63, 3.8) is 0 Å². The normalized spacial score (nSPS) is 10.6. The topological polar surface area (TPSA) is 90.1 Å². The van der Waals surface area contributed by atoms with E-state index in [9.17, 15) is 4.79 Å². The lowest BCUT2D eigenvalue weighted by atomic mass is 10.1. The average Bonchev–Trinajstić information content (AvgIpc) is 3.31. The molecule has 0 saturated heterocycles. The SMILES string of the molecule is O=C(CCc1nc(-c2ccncc2)no1)NCc1ccccc1COc1ccccc1. The molecule has 156 valence electrons. The van der Waals surface area contributed by atoms with Crippen LogP contribution < -0.4 is 10.1 Å². The second-order valence-electron chi connectivity index (χ2n) is 6.89. The Hall–Kier alpha value is -4.00. The van der Waals surface area contributed by atoms with Gasteiger partial charge in [-0.3, -0.25) is 9.78 Å². The number of amides is 1. The van der Waals surface area contributed by atoms with Gasteiger partial charge in [0.15, 0.2) is 0 Å². The molecule has 0 fully saturated rings. The van der Waals surface area contributed by atoms with E-state index in [1.807, 2.05) is 54.6 Å². The Bertz CT molecular complexity index is 1110. The Balaban J connectivity index is 1.27. The summed E-state index contributed by atoms with van der Waals surface area (Å²) in [6.45, 7) is 0.870. The third-order valence-corrected chi connectivity index (χ3v) is 4.70. The van der Waals surface area contributed by atoms with Crippen molar-refractivity contribution in [2.75, 3.05) is 0 Å².